The second-order valence-corrected chi connectivity index (χ2v) is 7.49. The first-order valence-corrected chi connectivity index (χ1v) is 10.1. The minimum atomic E-state index is -0.327. The molecule has 1 saturated heterocycles. The Morgan fingerprint density at radius 3 is 2.29 bits per heavy atom. The predicted octanol–water partition coefficient (Wildman–Crippen LogP) is 4.18. The van der Waals surface area contributed by atoms with Crippen LogP contribution in [0.25, 0.3) is 0 Å². The second-order valence-electron chi connectivity index (χ2n) is 7.49. The van der Waals surface area contributed by atoms with E-state index in [0.717, 1.165) is 62.3 Å². The molecule has 0 radical (unpaired) electrons. The third kappa shape index (κ3) is 3.61. The Bertz CT molecular complexity index is 870. The van der Waals surface area contributed by atoms with Gasteiger partial charge in [0.25, 0.3) is 5.91 Å². The number of piperidine rings is 1. The van der Waals surface area contributed by atoms with E-state index in [2.05, 4.69) is 17.0 Å². The van der Waals surface area contributed by atoms with Crippen LogP contribution < -0.4 is 4.90 Å². The fourth-order valence-electron chi connectivity index (χ4n) is 4.17. The number of nitrogens with zero attached hydrogens (tertiary/aromatic N) is 2. The monoisotopic (exact) mass is 378 g/mol. The zero-order chi connectivity index (χ0) is 19.5. The van der Waals surface area contributed by atoms with Gasteiger partial charge in [-0.1, -0.05) is 0 Å². The van der Waals surface area contributed by atoms with Crippen molar-refractivity contribution in [3.05, 3.63) is 59.2 Å². The van der Waals surface area contributed by atoms with Crippen LogP contribution in [-0.4, -0.2) is 43.5 Å². The molecule has 0 N–H and O–H groups in total. The Morgan fingerprint density at radius 1 is 0.857 bits per heavy atom. The van der Waals surface area contributed by atoms with E-state index < -0.39 is 0 Å². The van der Waals surface area contributed by atoms with E-state index in [1.54, 1.807) is 12.1 Å². The lowest BCUT2D eigenvalue weighted by Gasteiger charge is -2.32. The van der Waals surface area contributed by atoms with Crippen LogP contribution in [0, 0.1) is 0 Å². The summed E-state index contributed by atoms with van der Waals surface area (Å²) in [6.07, 6.45) is 5.44. The molecule has 2 heterocycles. The lowest BCUT2D eigenvalue weighted by molar-refractivity contribution is 0.0600. The number of fused-ring (bicyclic) bond motifs is 1. The summed E-state index contributed by atoms with van der Waals surface area (Å²) in [5, 5.41) is 0. The van der Waals surface area contributed by atoms with E-state index in [4.69, 9.17) is 4.74 Å². The van der Waals surface area contributed by atoms with Crippen molar-refractivity contribution < 1.29 is 14.3 Å². The Balaban J connectivity index is 1.58. The van der Waals surface area contributed by atoms with E-state index >= 15 is 0 Å². The van der Waals surface area contributed by atoms with Crippen LogP contribution in [-0.2, 0) is 11.2 Å². The molecule has 1 amide bonds. The van der Waals surface area contributed by atoms with E-state index in [0.29, 0.717) is 5.56 Å². The van der Waals surface area contributed by atoms with Crippen molar-refractivity contribution in [1.82, 2.24) is 4.90 Å². The summed E-state index contributed by atoms with van der Waals surface area (Å²) in [6.45, 7) is 2.66. The largest absolute Gasteiger partial charge is 0.465 e. The lowest BCUT2D eigenvalue weighted by Crippen LogP contribution is -2.35. The van der Waals surface area contributed by atoms with Crippen molar-refractivity contribution in [2.24, 2.45) is 0 Å². The molecule has 0 atom stereocenters. The second kappa shape index (κ2) is 8.05. The number of esters is 1. The number of ether oxygens (including phenoxy) is 1. The molecule has 2 aliphatic rings. The van der Waals surface area contributed by atoms with Gasteiger partial charge in [0.15, 0.2) is 0 Å². The molecular formula is C23H26N2O3. The van der Waals surface area contributed by atoms with Gasteiger partial charge < -0.3 is 14.5 Å². The van der Waals surface area contributed by atoms with Crippen LogP contribution in [0.3, 0.4) is 0 Å². The highest BCUT2D eigenvalue weighted by Crippen LogP contribution is 2.34. The van der Waals surface area contributed by atoms with Crippen molar-refractivity contribution >= 4 is 23.3 Å². The maximum Gasteiger partial charge on any atom is 0.337 e. The van der Waals surface area contributed by atoms with Crippen LogP contribution in [0.1, 0.15) is 52.0 Å². The highest BCUT2D eigenvalue weighted by molar-refractivity contribution is 5.95. The Kier molecular flexibility index (Phi) is 5.33. The van der Waals surface area contributed by atoms with Gasteiger partial charge in [-0.3, -0.25) is 4.79 Å². The van der Waals surface area contributed by atoms with Crippen molar-refractivity contribution in [2.75, 3.05) is 31.6 Å². The van der Waals surface area contributed by atoms with Gasteiger partial charge in [0.1, 0.15) is 0 Å². The SMILES string of the molecule is COC(=O)c1ccc(N2CCCc3cc(C(=O)N4CCCCC4)ccc32)cc1. The molecule has 0 aromatic heterocycles. The zero-order valence-corrected chi connectivity index (χ0v) is 16.3. The lowest BCUT2D eigenvalue weighted by atomic mass is 9.97. The third-order valence-electron chi connectivity index (χ3n) is 5.69. The van der Waals surface area contributed by atoms with Crippen molar-refractivity contribution in [3.8, 4) is 0 Å². The molecule has 28 heavy (non-hydrogen) atoms. The predicted molar refractivity (Wildman–Crippen MR) is 109 cm³/mol. The van der Waals surface area contributed by atoms with E-state index in [9.17, 15) is 9.59 Å². The standard InChI is InChI=1S/C23H26N2O3/c1-28-23(27)17-7-10-20(11-8-17)25-15-5-6-18-16-19(9-12-21(18)25)22(26)24-13-3-2-4-14-24/h7-12,16H,2-6,13-15H2,1H3. The number of benzene rings is 2. The number of likely N-dealkylation sites (tertiary alicyclic amines) is 1. The number of rotatable bonds is 3. The average molecular weight is 378 g/mol. The number of carbonyl (C=O) groups is 2. The first-order valence-electron chi connectivity index (χ1n) is 10.1. The number of hydrogen-bond acceptors (Lipinski definition) is 4. The van der Waals surface area contributed by atoms with Crippen molar-refractivity contribution in [1.29, 1.82) is 0 Å². The highest BCUT2D eigenvalue weighted by Gasteiger charge is 2.23. The molecule has 146 valence electrons. The van der Waals surface area contributed by atoms with Gasteiger partial charge >= 0.3 is 5.97 Å². The Labute approximate surface area is 165 Å². The van der Waals surface area contributed by atoms with E-state index in [1.165, 1.54) is 19.1 Å². The highest BCUT2D eigenvalue weighted by atomic mass is 16.5. The number of carbonyl (C=O) groups excluding carboxylic acids is 2. The van der Waals surface area contributed by atoms with Gasteiger partial charge in [-0.15, -0.1) is 0 Å². The topological polar surface area (TPSA) is 49.9 Å². The molecule has 0 unspecified atom stereocenters. The molecule has 5 nitrogen and oxygen atoms in total. The molecule has 0 saturated carbocycles. The fourth-order valence-corrected chi connectivity index (χ4v) is 4.17. The summed E-state index contributed by atoms with van der Waals surface area (Å²) in [7, 11) is 1.39. The molecular weight excluding hydrogens is 352 g/mol. The Hall–Kier alpha value is -2.82. The molecule has 0 aliphatic carbocycles. The first kappa shape index (κ1) is 18.5. The van der Waals surface area contributed by atoms with Gasteiger partial charge in [0.05, 0.1) is 12.7 Å². The number of hydrogen-bond donors (Lipinski definition) is 0. The van der Waals surface area contributed by atoms with Gasteiger partial charge in [-0.2, -0.15) is 0 Å². The molecule has 5 heteroatoms. The summed E-state index contributed by atoms with van der Waals surface area (Å²) in [6, 6.07) is 13.6. The summed E-state index contributed by atoms with van der Waals surface area (Å²) in [4.78, 5) is 28.7. The number of anilines is 2. The van der Waals surface area contributed by atoms with Crippen LogP contribution in [0.4, 0.5) is 11.4 Å². The summed E-state index contributed by atoms with van der Waals surface area (Å²) in [5.74, 6) is -0.173. The number of aryl methyl sites for hydroxylation is 1. The quantitative estimate of drug-likeness (QED) is 0.752. The van der Waals surface area contributed by atoms with Gasteiger partial charge in [0.2, 0.25) is 0 Å². The molecule has 2 aromatic rings. The summed E-state index contributed by atoms with van der Waals surface area (Å²) < 4.78 is 4.77. The maximum atomic E-state index is 12.8. The van der Waals surface area contributed by atoms with Crippen molar-refractivity contribution in [2.45, 2.75) is 32.1 Å². The minimum Gasteiger partial charge on any atom is -0.465 e. The molecule has 4 rings (SSSR count). The summed E-state index contributed by atoms with van der Waals surface area (Å²) >= 11 is 0. The number of methoxy groups -OCH3 is 1. The van der Waals surface area contributed by atoms with Crippen LogP contribution in [0.5, 0.6) is 0 Å². The zero-order valence-electron chi connectivity index (χ0n) is 16.3. The van der Waals surface area contributed by atoms with Gasteiger partial charge in [-0.05, 0) is 80.1 Å². The molecule has 2 aliphatic heterocycles. The van der Waals surface area contributed by atoms with E-state index in [1.807, 2.05) is 23.1 Å². The van der Waals surface area contributed by atoms with Crippen LogP contribution in [0.15, 0.2) is 42.5 Å². The first-order chi connectivity index (χ1) is 13.7. The molecule has 1 fully saturated rings. The minimum absolute atomic E-state index is 0.155. The van der Waals surface area contributed by atoms with E-state index in [-0.39, 0.29) is 11.9 Å². The average Bonchev–Trinajstić information content (AvgIpc) is 2.78. The number of amides is 1. The van der Waals surface area contributed by atoms with Crippen LogP contribution >= 0.6 is 0 Å². The third-order valence-corrected chi connectivity index (χ3v) is 5.69. The molecule has 0 bridgehead atoms. The maximum absolute atomic E-state index is 12.8. The van der Waals surface area contributed by atoms with Gasteiger partial charge in [0, 0.05) is 36.6 Å². The van der Waals surface area contributed by atoms with Crippen LogP contribution in [0.2, 0.25) is 0 Å². The normalized spacial score (nSPS) is 16.5. The smallest absolute Gasteiger partial charge is 0.337 e. The Morgan fingerprint density at radius 2 is 1.57 bits per heavy atom. The van der Waals surface area contributed by atoms with Gasteiger partial charge in [-0.25, -0.2) is 4.79 Å². The summed E-state index contributed by atoms with van der Waals surface area (Å²) in [5.41, 5.74) is 4.75. The molecule has 2 aromatic carbocycles. The fraction of sp³-hybridized carbons (Fsp3) is 0.391. The molecule has 0 spiro atoms. The van der Waals surface area contributed by atoms with Crippen molar-refractivity contribution in [3.63, 3.8) is 0 Å².